The Kier molecular flexibility index (Phi) is 7.97. The zero-order valence-electron chi connectivity index (χ0n) is 13.5. The second-order valence-electron chi connectivity index (χ2n) is 6.00. The Morgan fingerprint density at radius 1 is 1.20 bits per heavy atom. The molecule has 1 rings (SSSR count). The molecule has 0 aromatic rings. The van der Waals surface area contributed by atoms with Crippen molar-refractivity contribution in [1.29, 1.82) is 0 Å². The Bertz CT molecular complexity index is 281. The van der Waals surface area contributed by atoms with Gasteiger partial charge in [0, 0.05) is 25.7 Å². The molecule has 3 N–H and O–H groups in total. The van der Waals surface area contributed by atoms with Crippen LogP contribution in [0.5, 0.6) is 0 Å². The van der Waals surface area contributed by atoms with E-state index in [0.717, 1.165) is 38.3 Å². The highest BCUT2D eigenvalue weighted by molar-refractivity contribution is 5.80. The van der Waals surface area contributed by atoms with Gasteiger partial charge >= 0.3 is 0 Å². The van der Waals surface area contributed by atoms with Crippen molar-refractivity contribution in [2.24, 2.45) is 10.4 Å². The van der Waals surface area contributed by atoms with E-state index in [1.165, 1.54) is 25.7 Å². The monoisotopic (exact) mass is 283 g/mol. The molecule has 20 heavy (non-hydrogen) atoms. The van der Waals surface area contributed by atoms with Gasteiger partial charge in [0.05, 0.1) is 0 Å². The van der Waals surface area contributed by atoms with Crippen molar-refractivity contribution in [3.63, 3.8) is 0 Å². The summed E-state index contributed by atoms with van der Waals surface area (Å²) < 4.78 is 0. The lowest BCUT2D eigenvalue weighted by Gasteiger charge is -2.29. The van der Waals surface area contributed by atoms with E-state index >= 15 is 0 Å². The number of aliphatic hydroxyl groups excluding tert-OH is 1. The Morgan fingerprint density at radius 2 is 1.85 bits per heavy atom. The van der Waals surface area contributed by atoms with Gasteiger partial charge in [0.15, 0.2) is 5.96 Å². The fraction of sp³-hybridized carbons (Fsp3) is 0.938. The second-order valence-corrected chi connectivity index (χ2v) is 6.00. The largest absolute Gasteiger partial charge is 0.396 e. The third-order valence-electron chi connectivity index (χ3n) is 4.75. The SMILES string of the molecule is CCNC(=NCC(CC)(CC)CCO)NC1CCCC1. The summed E-state index contributed by atoms with van der Waals surface area (Å²) in [5.41, 5.74) is 0.146. The second kappa shape index (κ2) is 9.22. The van der Waals surface area contributed by atoms with Gasteiger partial charge in [-0.1, -0.05) is 26.7 Å². The molecule has 0 atom stereocenters. The van der Waals surface area contributed by atoms with Crippen molar-refractivity contribution in [2.45, 2.75) is 71.8 Å². The van der Waals surface area contributed by atoms with E-state index in [2.05, 4.69) is 31.4 Å². The Hall–Kier alpha value is -0.770. The maximum Gasteiger partial charge on any atom is 0.191 e. The molecule has 118 valence electrons. The van der Waals surface area contributed by atoms with Crippen LogP contribution in [0.1, 0.15) is 65.7 Å². The normalized spacial score (nSPS) is 17.5. The first-order chi connectivity index (χ1) is 9.69. The molecule has 1 saturated carbocycles. The van der Waals surface area contributed by atoms with E-state index in [9.17, 15) is 5.11 Å². The first-order valence-corrected chi connectivity index (χ1v) is 8.35. The highest BCUT2D eigenvalue weighted by atomic mass is 16.3. The van der Waals surface area contributed by atoms with Gasteiger partial charge in [-0.2, -0.15) is 0 Å². The fourth-order valence-corrected chi connectivity index (χ4v) is 2.97. The van der Waals surface area contributed by atoms with E-state index < -0.39 is 0 Å². The van der Waals surface area contributed by atoms with E-state index in [4.69, 9.17) is 4.99 Å². The third kappa shape index (κ3) is 5.31. The first-order valence-electron chi connectivity index (χ1n) is 8.35. The molecule has 0 heterocycles. The number of rotatable bonds is 8. The number of guanidine groups is 1. The Morgan fingerprint density at radius 3 is 2.35 bits per heavy atom. The van der Waals surface area contributed by atoms with E-state index in [0.29, 0.717) is 6.04 Å². The highest BCUT2D eigenvalue weighted by Crippen LogP contribution is 2.30. The van der Waals surface area contributed by atoms with Crippen molar-refractivity contribution in [3.8, 4) is 0 Å². The zero-order valence-corrected chi connectivity index (χ0v) is 13.5. The number of hydrogen-bond donors (Lipinski definition) is 3. The molecule has 0 aromatic carbocycles. The van der Waals surface area contributed by atoms with Gasteiger partial charge in [-0.3, -0.25) is 4.99 Å². The Labute approximate surface area is 124 Å². The van der Waals surface area contributed by atoms with Crippen molar-refractivity contribution in [2.75, 3.05) is 19.7 Å². The molecule has 4 nitrogen and oxygen atoms in total. The molecular formula is C16H33N3O. The molecular weight excluding hydrogens is 250 g/mol. The Balaban J connectivity index is 2.63. The molecule has 0 radical (unpaired) electrons. The van der Waals surface area contributed by atoms with Gasteiger partial charge in [-0.05, 0) is 44.4 Å². The van der Waals surface area contributed by atoms with Gasteiger partial charge in [0.2, 0.25) is 0 Å². The lowest BCUT2D eigenvalue weighted by Crippen LogP contribution is -2.43. The van der Waals surface area contributed by atoms with Crippen LogP contribution in [0.15, 0.2) is 4.99 Å². The molecule has 1 fully saturated rings. The molecule has 0 aromatic heterocycles. The maximum absolute atomic E-state index is 9.28. The summed E-state index contributed by atoms with van der Waals surface area (Å²) in [5, 5.41) is 16.2. The average Bonchev–Trinajstić information content (AvgIpc) is 2.96. The average molecular weight is 283 g/mol. The first kappa shape index (κ1) is 17.3. The summed E-state index contributed by atoms with van der Waals surface area (Å²) in [5.74, 6) is 0.948. The van der Waals surface area contributed by atoms with Crippen molar-refractivity contribution >= 4 is 5.96 Å². The standard InChI is InChI=1S/C16H33N3O/c1-4-16(5-2,11-12-20)13-18-15(17-6-3)19-14-9-7-8-10-14/h14,20H,4-13H2,1-3H3,(H2,17,18,19). The molecule has 0 aliphatic heterocycles. The van der Waals surface area contributed by atoms with Gasteiger partial charge in [-0.25, -0.2) is 0 Å². The number of hydrogen-bond acceptors (Lipinski definition) is 2. The van der Waals surface area contributed by atoms with Gasteiger partial charge in [-0.15, -0.1) is 0 Å². The van der Waals surface area contributed by atoms with E-state index in [1.54, 1.807) is 0 Å². The predicted octanol–water partition coefficient (Wildman–Crippen LogP) is 2.67. The fourth-order valence-electron chi connectivity index (χ4n) is 2.97. The molecule has 0 saturated heterocycles. The lowest BCUT2D eigenvalue weighted by molar-refractivity contribution is 0.175. The molecule has 0 bridgehead atoms. The van der Waals surface area contributed by atoms with Crippen molar-refractivity contribution in [1.82, 2.24) is 10.6 Å². The van der Waals surface area contributed by atoms with Crippen LogP contribution in [0.4, 0.5) is 0 Å². The van der Waals surface area contributed by atoms with Crippen LogP contribution < -0.4 is 10.6 Å². The third-order valence-corrected chi connectivity index (χ3v) is 4.75. The van der Waals surface area contributed by atoms with Gasteiger partial charge in [0.25, 0.3) is 0 Å². The summed E-state index contributed by atoms with van der Waals surface area (Å²) in [6, 6.07) is 0.586. The molecule has 1 aliphatic carbocycles. The van der Waals surface area contributed by atoms with Gasteiger partial charge < -0.3 is 15.7 Å². The lowest BCUT2D eigenvalue weighted by atomic mass is 9.79. The summed E-state index contributed by atoms with van der Waals surface area (Å²) in [4.78, 5) is 4.79. The van der Waals surface area contributed by atoms with E-state index in [1.807, 2.05) is 0 Å². The number of aliphatic hydroxyl groups is 1. The summed E-state index contributed by atoms with van der Waals surface area (Å²) in [6.07, 6.45) is 8.14. The molecule has 0 unspecified atom stereocenters. The van der Waals surface area contributed by atoms with Crippen molar-refractivity contribution in [3.05, 3.63) is 0 Å². The summed E-state index contributed by atoms with van der Waals surface area (Å²) in [7, 11) is 0. The topological polar surface area (TPSA) is 56.7 Å². The van der Waals surface area contributed by atoms with Crippen LogP contribution in [0.3, 0.4) is 0 Å². The molecule has 4 heteroatoms. The van der Waals surface area contributed by atoms with Crippen LogP contribution in [0, 0.1) is 5.41 Å². The summed E-state index contributed by atoms with van der Waals surface area (Å²) in [6.45, 7) is 8.45. The minimum Gasteiger partial charge on any atom is -0.396 e. The predicted molar refractivity (Wildman–Crippen MR) is 86.1 cm³/mol. The van der Waals surface area contributed by atoms with E-state index in [-0.39, 0.29) is 12.0 Å². The van der Waals surface area contributed by atoms with Crippen LogP contribution in [0.2, 0.25) is 0 Å². The van der Waals surface area contributed by atoms with Crippen LogP contribution in [-0.4, -0.2) is 36.8 Å². The summed E-state index contributed by atoms with van der Waals surface area (Å²) >= 11 is 0. The van der Waals surface area contributed by atoms with Gasteiger partial charge in [0.1, 0.15) is 0 Å². The number of aliphatic imine (C=N–C) groups is 1. The quantitative estimate of drug-likeness (QED) is 0.474. The minimum absolute atomic E-state index is 0.146. The van der Waals surface area contributed by atoms with Crippen LogP contribution in [0.25, 0.3) is 0 Å². The zero-order chi connectivity index (χ0) is 14.8. The van der Waals surface area contributed by atoms with Crippen molar-refractivity contribution < 1.29 is 5.11 Å². The van der Waals surface area contributed by atoms with Crippen LogP contribution >= 0.6 is 0 Å². The highest BCUT2D eigenvalue weighted by Gasteiger charge is 2.25. The van der Waals surface area contributed by atoms with Crippen LogP contribution in [-0.2, 0) is 0 Å². The smallest absolute Gasteiger partial charge is 0.191 e. The molecule has 0 spiro atoms. The molecule has 1 aliphatic rings. The maximum atomic E-state index is 9.28. The number of nitrogens with one attached hydrogen (secondary N) is 2. The minimum atomic E-state index is 0.146. The number of nitrogens with zero attached hydrogens (tertiary/aromatic N) is 1. The molecule has 0 amide bonds.